The Morgan fingerprint density at radius 3 is 2.94 bits per heavy atom. The van der Waals surface area contributed by atoms with Gasteiger partial charge < -0.3 is 10.5 Å². The fraction of sp³-hybridized carbons (Fsp3) is 0.538. The molecule has 0 aliphatic carbocycles. The number of halogens is 2. The standard InChI is InChI=1S/C13H17ClFNO/c14-11-3-1-4-12(15)10(11)9-13(16)5-2-7-17-8-6-13/h1,3-4H,2,5-9,16H2. The average Bonchev–Trinajstić information content (AvgIpc) is 2.49. The van der Waals surface area contributed by atoms with E-state index in [1.165, 1.54) is 6.07 Å². The molecule has 1 aliphatic rings. The van der Waals surface area contributed by atoms with Crippen molar-refractivity contribution in [3.63, 3.8) is 0 Å². The molecule has 1 saturated heterocycles. The van der Waals surface area contributed by atoms with Crippen LogP contribution in [0.25, 0.3) is 0 Å². The van der Waals surface area contributed by atoms with Crippen LogP contribution in [-0.2, 0) is 11.2 Å². The highest BCUT2D eigenvalue weighted by Crippen LogP contribution is 2.28. The molecule has 0 aromatic heterocycles. The van der Waals surface area contributed by atoms with Crippen LogP contribution in [0.2, 0.25) is 5.02 Å². The molecule has 94 valence electrons. The molecule has 2 N–H and O–H groups in total. The highest BCUT2D eigenvalue weighted by Gasteiger charge is 2.28. The first-order valence-electron chi connectivity index (χ1n) is 5.90. The van der Waals surface area contributed by atoms with Crippen LogP contribution in [0.4, 0.5) is 4.39 Å². The van der Waals surface area contributed by atoms with Crippen molar-refractivity contribution >= 4 is 11.6 Å². The molecule has 1 aromatic rings. The van der Waals surface area contributed by atoms with Crippen LogP contribution in [0.5, 0.6) is 0 Å². The summed E-state index contributed by atoms with van der Waals surface area (Å²) in [5, 5.41) is 0.458. The van der Waals surface area contributed by atoms with Crippen molar-refractivity contribution in [1.82, 2.24) is 0 Å². The van der Waals surface area contributed by atoms with Gasteiger partial charge in [0.2, 0.25) is 0 Å². The first-order chi connectivity index (χ1) is 8.11. The Morgan fingerprint density at radius 1 is 1.35 bits per heavy atom. The number of ether oxygens (including phenoxy) is 1. The molecule has 0 amide bonds. The molecule has 17 heavy (non-hydrogen) atoms. The Bertz CT molecular complexity index is 369. The van der Waals surface area contributed by atoms with Gasteiger partial charge in [0.05, 0.1) is 0 Å². The first kappa shape index (κ1) is 12.8. The maximum Gasteiger partial charge on any atom is 0.127 e. The summed E-state index contributed by atoms with van der Waals surface area (Å²) in [4.78, 5) is 0. The zero-order chi connectivity index (χ0) is 12.3. The summed E-state index contributed by atoms with van der Waals surface area (Å²) < 4.78 is 19.1. The van der Waals surface area contributed by atoms with Gasteiger partial charge in [0.1, 0.15) is 5.82 Å². The van der Waals surface area contributed by atoms with Gasteiger partial charge in [-0.15, -0.1) is 0 Å². The van der Waals surface area contributed by atoms with Crippen molar-refractivity contribution in [2.24, 2.45) is 5.73 Å². The monoisotopic (exact) mass is 257 g/mol. The molecule has 2 nitrogen and oxygen atoms in total. The summed E-state index contributed by atoms with van der Waals surface area (Å²) in [5.41, 5.74) is 6.45. The number of rotatable bonds is 2. The van der Waals surface area contributed by atoms with E-state index in [0.29, 0.717) is 23.6 Å². The van der Waals surface area contributed by atoms with Crippen LogP contribution in [0.3, 0.4) is 0 Å². The molecule has 0 spiro atoms. The lowest BCUT2D eigenvalue weighted by Crippen LogP contribution is -2.42. The van der Waals surface area contributed by atoms with Crippen molar-refractivity contribution in [3.05, 3.63) is 34.6 Å². The highest BCUT2D eigenvalue weighted by molar-refractivity contribution is 6.31. The van der Waals surface area contributed by atoms with Crippen molar-refractivity contribution in [1.29, 1.82) is 0 Å². The van der Waals surface area contributed by atoms with E-state index < -0.39 is 5.54 Å². The molecule has 1 unspecified atom stereocenters. The summed E-state index contributed by atoms with van der Waals surface area (Å²) in [6.45, 7) is 1.38. The van der Waals surface area contributed by atoms with Crippen molar-refractivity contribution in [2.45, 2.75) is 31.2 Å². The number of nitrogens with two attached hydrogens (primary N) is 1. The summed E-state index contributed by atoms with van der Waals surface area (Å²) in [6, 6.07) is 4.74. The zero-order valence-corrected chi connectivity index (χ0v) is 10.5. The lowest BCUT2D eigenvalue weighted by Gasteiger charge is -2.28. The van der Waals surface area contributed by atoms with Crippen LogP contribution in [-0.4, -0.2) is 18.8 Å². The van der Waals surface area contributed by atoms with Gasteiger partial charge in [-0.1, -0.05) is 17.7 Å². The van der Waals surface area contributed by atoms with E-state index in [-0.39, 0.29) is 5.82 Å². The third-order valence-electron chi connectivity index (χ3n) is 3.30. The largest absolute Gasteiger partial charge is 0.381 e. The van der Waals surface area contributed by atoms with Crippen molar-refractivity contribution < 1.29 is 9.13 Å². The van der Waals surface area contributed by atoms with Gasteiger partial charge >= 0.3 is 0 Å². The third kappa shape index (κ3) is 3.18. The molecule has 4 heteroatoms. The minimum atomic E-state index is -0.400. The van der Waals surface area contributed by atoms with Gasteiger partial charge in [-0.3, -0.25) is 0 Å². The quantitative estimate of drug-likeness (QED) is 0.884. The predicted molar refractivity (Wildman–Crippen MR) is 66.7 cm³/mol. The van der Waals surface area contributed by atoms with Crippen LogP contribution in [0.15, 0.2) is 18.2 Å². The van der Waals surface area contributed by atoms with E-state index in [2.05, 4.69) is 0 Å². The summed E-state index contributed by atoms with van der Waals surface area (Å²) in [7, 11) is 0. The molecule has 1 atom stereocenters. The molecule has 2 rings (SSSR count). The van der Waals surface area contributed by atoms with E-state index in [0.717, 1.165) is 25.9 Å². The molecular formula is C13H17ClFNO. The second-order valence-electron chi connectivity index (χ2n) is 4.71. The van der Waals surface area contributed by atoms with E-state index >= 15 is 0 Å². The fourth-order valence-corrected chi connectivity index (χ4v) is 2.49. The molecule has 0 radical (unpaired) electrons. The fourth-order valence-electron chi connectivity index (χ4n) is 2.26. The molecule has 1 fully saturated rings. The number of hydrogen-bond donors (Lipinski definition) is 1. The smallest absolute Gasteiger partial charge is 0.127 e. The van der Waals surface area contributed by atoms with E-state index in [1.54, 1.807) is 12.1 Å². The second kappa shape index (κ2) is 5.34. The summed E-state index contributed by atoms with van der Waals surface area (Å²) in [6.07, 6.45) is 2.99. The van der Waals surface area contributed by atoms with Crippen LogP contribution in [0, 0.1) is 5.82 Å². The zero-order valence-electron chi connectivity index (χ0n) is 9.72. The number of hydrogen-bond acceptors (Lipinski definition) is 2. The lowest BCUT2D eigenvalue weighted by molar-refractivity contribution is 0.139. The lowest BCUT2D eigenvalue weighted by atomic mass is 9.85. The third-order valence-corrected chi connectivity index (χ3v) is 3.65. The van der Waals surface area contributed by atoms with Gasteiger partial charge in [-0.25, -0.2) is 4.39 Å². The topological polar surface area (TPSA) is 35.2 Å². The van der Waals surface area contributed by atoms with Gasteiger partial charge in [0.25, 0.3) is 0 Å². The Kier molecular flexibility index (Phi) is 4.02. The molecule has 1 aromatic carbocycles. The molecule has 1 aliphatic heterocycles. The maximum absolute atomic E-state index is 13.7. The maximum atomic E-state index is 13.7. The van der Waals surface area contributed by atoms with Gasteiger partial charge in [0, 0.05) is 29.3 Å². The van der Waals surface area contributed by atoms with Crippen LogP contribution >= 0.6 is 11.6 Å². The Hall–Kier alpha value is -0.640. The SMILES string of the molecule is NC1(Cc2c(F)cccc2Cl)CCCOCC1. The van der Waals surface area contributed by atoms with Gasteiger partial charge in [0.15, 0.2) is 0 Å². The Balaban J connectivity index is 2.18. The average molecular weight is 258 g/mol. The number of benzene rings is 1. The van der Waals surface area contributed by atoms with E-state index in [4.69, 9.17) is 22.1 Å². The normalized spacial score (nSPS) is 25.6. The first-order valence-corrected chi connectivity index (χ1v) is 6.28. The van der Waals surface area contributed by atoms with Crippen LogP contribution in [0.1, 0.15) is 24.8 Å². The highest BCUT2D eigenvalue weighted by atomic mass is 35.5. The minimum absolute atomic E-state index is 0.271. The Labute approximate surface area is 106 Å². The second-order valence-corrected chi connectivity index (χ2v) is 5.11. The van der Waals surface area contributed by atoms with Crippen molar-refractivity contribution in [2.75, 3.05) is 13.2 Å². The molecule has 1 heterocycles. The Morgan fingerprint density at radius 2 is 2.18 bits per heavy atom. The molecular weight excluding hydrogens is 241 g/mol. The predicted octanol–water partition coefficient (Wildman–Crippen LogP) is 2.92. The molecule has 0 bridgehead atoms. The van der Waals surface area contributed by atoms with Crippen LogP contribution < -0.4 is 5.73 Å². The van der Waals surface area contributed by atoms with Gasteiger partial charge in [-0.2, -0.15) is 0 Å². The minimum Gasteiger partial charge on any atom is -0.381 e. The molecule has 0 saturated carbocycles. The van der Waals surface area contributed by atoms with E-state index in [1.807, 2.05) is 0 Å². The summed E-state index contributed by atoms with van der Waals surface area (Å²) in [5.74, 6) is -0.271. The summed E-state index contributed by atoms with van der Waals surface area (Å²) >= 11 is 6.02. The van der Waals surface area contributed by atoms with Crippen molar-refractivity contribution in [3.8, 4) is 0 Å². The van der Waals surface area contributed by atoms with E-state index in [9.17, 15) is 4.39 Å². The van der Waals surface area contributed by atoms with Gasteiger partial charge in [-0.05, 0) is 37.8 Å².